The van der Waals surface area contributed by atoms with Crippen molar-refractivity contribution >= 4 is 6.21 Å². The van der Waals surface area contributed by atoms with E-state index in [1.807, 2.05) is 6.08 Å². The van der Waals surface area contributed by atoms with Gasteiger partial charge < -0.3 is 5.41 Å². The van der Waals surface area contributed by atoms with Gasteiger partial charge in [-0.25, -0.2) is 0 Å². The van der Waals surface area contributed by atoms with Gasteiger partial charge in [0.1, 0.15) is 0 Å². The summed E-state index contributed by atoms with van der Waals surface area (Å²) in [5.41, 5.74) is 3.98. The fourth-order valence-electron chi connectivity index (χ4n) is 1.84. The van der Waals surface area contributed by atoms with Gasteiger partial charge in [-0.1, -0.05) is 36.5 Å². The van der Waals surface area contributed by atoms with E-state index in [-0.39, 0.29) is 0 Å². The van der Waals surface area contributed by atoms with Gasteiger partial charge in [0.2, 0.25) is 0 Å². The number of nitrogens with one attached hydrogen (secondary N) is 1. The zero-order valence-electron chi connectivity index (χ0n) is 10.0. The molecule has 0 bridgehead atoms. The van der Waals surface area contributed by atoms with Crippen LogP contribution in [0.15, 0.2) is 59.3 Å². The summed E-state index contributed by atoms with van der Waals surface area (Å²) in [6.45, 7) is 4.19. The van der Waals surface area contributed by atoms with Crippen molar-refractivity contribution in [1.82, 2.24) is 0 Å². The molecule has 1 N–H and O–H groups in total. The molecule has 0 spiro atoms. The fourth-order valence-corrected chi connectivity index (χ4v) is 1.84. The summed E-state index contributed by atoms with van der Waals surface area (Å²) >= 11 is 0. The maximum absolute atomic E-state index is 6.92. The second kappa shape index (κ2) is 6.78. The molecule has 0 saturated carbocycles. The second-order valence-corrected chi connectivity index (χ2v) is 3.76. The Hall–Kier alpha value is -1.63. The molecule has 0 fully saturated rings. The molecule has 16 heavy (non-hydrogen) atoms. The molecule has 1 aliphatic rings. The highest BCUT2D eigenvalue weighted by atomic mass is 14.3. The van der Waals surface area contributed by atoms with Crippen LogP contribution in [0.2, 0.25) is 0 Å². The third-order valence-corrected chi connectivity index (χ3v) is 2.63. The molecular weight excluding hydrogens is 194 g/mol. The highest BCUT2D eigenvalue weighted by Crippen LogP contribution is 2.25. The van der Waals surface area contributed by atoms with Gasteiger partial charge in [0.25, 0.3) is 0 Å². The molecule has 0 saturated heterocycles. The zero-order valence-corrected chi connectivity index (χ0v) is 10.0. The molecule has 1 nitrogen and oxygen atoms in total. The Labute approximate surface area is 98.1 Å². The molecule has 0 aromatic heterocycles. The first-order valence-corrected chi connectivity index (χ1v) is 5.66. The van der Waals surface area contributed by atoms with E-state index in [2.05, 4.69) is 44.2 Å². The standard InChI is InChI=1S/C15H19N/c1-3-15(13(2)9-7-8-12-16)14-10-5-4-6-11-14/h3-5,7-10,12,16H,6,11H2,1-2H3/b8-7-,13-9+,15-3+,16-12?. The smallest absolute Gasteiger partial charge is 0.0177 e. The first-order chi connectivity index (χ1) is 7.79. The Morgan fingerprint density at radius 1 is 1.38 bits per heavy atom. The second-order valence-electron chi connectivity index (χ2n) is 3.76. The van der Waals surface area contributed by atoms with E-state index in [0.29, 0.717) is 0 Å². The summed E-state index contributed by atoms with van der Waals surface area (Å²) in [4.78, 5) is 0. The molecule has 0 aliphatic heterocycles. The topological polar surface area (TPSA) is 23.9 Å². The summed E-state index contributed by atoms with van der Waals surface area (Å²) in [5.74, 6) is 0. The molecule has 0 amide bonds. The van der Waals surface area contributed by atoms with E-state index in [0.717, 1.165) is 12.8 Å². The van der Waals surface area contributed by atoms with Crippen LogP contribution < -0.4 is 0 Å². The van der Waals surface area contributed by atoms with Crippen molar-refractivity contribution in [2.24, 2.45) is 0 Å². The van der Waals surface area contributed by atoms with Gasteiger partial charge in [0.15, 0.2) is 0 Å². The lowest BCUT2D eigenvalue weighted by molar-refractivity contribution is 0.969. The molecule has 1 heteroatoms. The molecule has 0 unspecified atom stereocenters. The van der Waals surface area contributed by atoms with E-state index in [4.69, 9.17) is 5.41 Å². The summed E-state index contributed by atoms with van der Waals surface area (Å²) in [6, 6.07) is 0. The summed E-state index contributed by atoms with van der Waals surface area (Å²) in [6.07, 6.45) is 17.9. The van der Waals surface area contributed by atoms with Gasteiger partial charge in [-0.3, -0.25) is 0 Å². The van der Waals surface area contributed by atoms with Crippen molar-refractivity contribution < 1.29 is 0 Å². The van der Waals surface area contributed by atoms with Crippen molar-refractivity contribution in [2.75, 3.05) is 0 Å². The van der Waals surface area contributed by atoms with Crippen molar-refractivity contribution in [3.05, 3.63) is 59.3 Å². The Bertz CT molecular complexity index is 390. The number of hydrogen-bond donors (Lipinski definition) is 1. The highest BCUT2D eigenvalue weighted by molar-refractivity contribution is 5.68. The Morgan fingerprint density at radius 2 is 2.19 bits per heavy atom. The van der Waals surface area contributed by atoms with Gasteiger partial charge >= 0.3 is 0 Å². The minimum absolute atomic E-state index is 1.12. The molecule has 0 aromatic rings. The monoisotopic (exact) mass is 213 g/mol. The summed E-state index contributed by atoms with van der Waals surface area (Å²) < 4.78 is 0. The van der Waals surface area contributed by atoms with Crippen LogP contribution in [0.4, 0.5) is 0 Å². The number of allylic oxidation sites excluding steroid dienone is 10. The SMILES string of the molecule is C\C=C(C1=CC=CCC1)/C(C)=C/C=C\C=N. The molecule has 0 radical (unpaired) electrons. The van der Waals surface area contributed by atoms with Crippen LogP contribution in [0.25, 0.3) is 0 Å². The molecule has 0 aromatic carbocycles. The average molecular weight is 213 g/mol. The lowest BCUT2D eigenvalue weighted by Crippen LogP contribution is -1.94. The van der Waals surface area contributed by atoms with E-state index >= 15 is 0 Å². The first-order valence-electron chi connectivity index (χ1n) is 5.66. The van der Waals surface area contributed by atoms with Crippen LogP contribution in [0, 0.1) is 5.41 Å². The lowest BCUT2D eigenvalue weighted by atomic mass is 9.92. The van der Waals surface area contributed by atoms with E-state index in [9.17, 15) is 0 Å². The van der Waals surface area contributed by atoms with Crippen LogP contribution in [0.5, 0.6) is 0 Å². The summed E-state index contributed by atoms with van der Waals surface area (Å²) in [5, 5.41) is 6.92. The lowest BCUT2D eigenvalue weighted by Gasteiger charge is -2.13. The van der Waals surface area contributed by atoms with Crippen LogP contribution in [0.3, 0.4) is 0 Å². The van der Waals surface area contributed by atoms with Gasteiger partial charge in [-0.15, -0.1) is 0 Å². The third-order valence-electron chi connectivity index (χ3n) is 2.63. The minimum Gasteiger partial charge on any atom is -0.309 e. The van der Waals surface area contributed by atoms with E-state index in [1.54, 1.807) is 6.08 Å². The maximum atomic E-state index is 6.92. The fraction of sp³-hybridized carbons (Fsp3) is 0.267. The number of rotatable bonds is 4. The predicted molar refractivity (Wildman–Crippen MR) is 71.9 cm³/mol. The van der Waals surface area contributed by atoms with Crippen molar-refractivity contribution in [3.63, 3.8) is 0 Å². The molecule has 0 atom stereocenters. The van der Waals surface area contributed by atoms with Crippen LogP contribution in [-0.2, 0) is 0 Å². The Morgan fingerprint density at radius 3 is 2.75 bits per heavy atom. The molecule has 84 valence electrons. The molecule has 1 rings (SSSR count). The molecule has 0 heterocycles. The van der Waals surface area contributed by atoms with Crippen molar-refractivity contribution in [3.8, 4) is 0 Å². The van der Waals surface area contributed by atoms with E-state index < -0.39 is 0 Å². The van der Waals surface area contributed by atoms with Crippen LogP contribution in [0.1, 0.15) is 26.7 Å². The predicted octanol–water partition coefficient (Wildman–Crippen LogP) is 4.36. The van der Waals surface area contributed by atoms with E-state index in [1.165, 1.54) is 22.9 Å². The largest absolute Gasteiger partial charge is 0.309 e. The molecular formula is C15H19N. The third kappa shape index (κ3) is 3.50. The van der Waals surface area contributed by atoms with Crippen molar-refractivity contribution in [2.45, 2.75) is 26.7 Å². The van der Waals surface area contributed by atoms with Gasteiger partial charge in [0, 0.05) is 6.21 Å². The van der Waals surface area contributed by atoms with Crippen LogP contribution >= 0.6 is 0 Å². The average Bonchev–Trinajstić information content (AvgIpc) is 2.32. The van der Waals surface area contributed by atoms with Gasteiger partial charge in [-0.2, -0.15) is 0 Å². The number of hydrogen-bond acceptors (Lipinski definition) is 1. The maximum Gasteiger partial charge on any atom is 0.0177 e. The van der Waals surface area contributed by atoms with Crippen molar-refractivity contribution in [1.29, 1.82) is 5.41 Å². The minimum atomic E-state index is 1.12. The Kier molecular flexibility index (Phi) is 5.27. The molecule has 1 aliphatic carbocycles. The van der Waals surface area contributed by atoms with Crippen LogP contribution in [-0.4, -0.2) is 6.21 Å². The first kappa shape index (κ1) is 12.4. The van der Waals surface area contributed by atoms with Gasteiger partial charge in [-0.05, 0) is 49.5 Å². The quantitative estimate of drug-likeness (QED) is 0.530. The van der Waals surface area contributed by atoms with Gasteiger partial charge in [0.05, 0.1) is 0 Å². The zero-order chi connectivity index (χ0) is 11.8. The Balaban J connectivity index is 2.86. The normalized spacial score (nSPS) is 17.8. The highest BCUT2D eigenvalue weighted by Gasteiger charge is 2.06. The summed E-state index contributed by atoms with van der Waals surface area (Å²) in [7, 11) is 0.